The molecule has 0 radical (unpaired) electrons. The van der Waals surface area contributed by atoms with Gasteiger partial charge in [-0.25, -0.2) is 0 Å². The molecule has 0 aliphatic heterocycles. The Labute approximate surface area is 75.1 Å². The van der Waals surface area contributed by atoms with Crippen molar-refractivity contribution in [1.29, 1.82) is 0 Å². The quantitative estimate of drug-likeness (QED) is 0.561. The molecular weight excluding hydrogens is 139 g/mol. The summed E-state index contributed by atoms with van der Waals surface area (Å²) in [5.74, 6) is 0. The van der Waals surface area contributed by atoms with Crippen LogP contribution in [-0.2, 0) is 0 Å². The summed E-state index contributed by atoms with van der Waals surface area (Å²) in [5, 5.41) is 18.1. The van der Waals surface area contributed by atoms with E-state index in [1.807, 2.05) is 0 Å². The van der Waals surface area contributed by atoms with Gasteiger partial charge in [0, 0.05) is 8.22 Å². The number of benzene rings is 1. The van der Waals surface area contributed by atoms with Crippen LogP contribution in [-0.4, -0.2) is 17.2 Å². The first-order valence-electron chi connectivity index (χ1n) is 6.04. The molecule has 0 saturated carbocycles. The minimum Gasteiger partial charge on any atom is -0.423 e. The van der Waals surface area contributed by atoms with E-state index in [0.717, 1.165) is 18.2 Å². The van der Waals surface area contributed by atoms with Crippen molar-refractivity contribution in [3.05, 3.63) is 29.3 Å². The first kappa shape index (κ1) is 3.29. The van der Waals surface area contributed by atoms with E-state index in [1.54, 1.807) is 0 Å². The molecule has 3 heteroatoms. The molecule has 58 valence electrons. The first-order chi connectivity index (χ1) is 7.53. The van der Waals surface area contributed by atoms with Crippen molar-refractivity contribution in [3.63, 3.8) is 0 Å². The van der Waals surface area contributed by atoms with Gasteiger partial charge in [0.05, 0.1) is 0 Å². The Morgan fingerprint density at radius 3 is 2.73 bits per heavy atom. The largest absolute Gasteiger partial charge is 0.488 e. The minimum absolute atomic E-state index is 0.145. The third-order valence-electron chi connectivity index (χ3n) is 1.33. The third-order valence-corrected chi connectivity index (χ3v) is 1.33. The average Bonchev–Trinajstić information content (AvgIpc) is 2.14. The Morgan fingerprint density at radius 2 is 2.18 bits per heavy atom. The zero-order valence-electron chi connectivity index (χ0n) is 11.7. The molecule has 0 bridgehead atoms. The van der Waals surface area contributed by atoms with Gasteiger partial charge in [-0.15, -0.1) is 0 Å². The summed E-state index contributed by atoms with van der Waals surface area (Å²) in [6, 6.07) is 3.24. The molecule has 0 unspecified atom stereocenters. The molecule has 11 heavy (non-hydrogen) atoms. The molecule has 0 fully saturated rings. The SMILES string of the molecule is [2H]C([2H])([2H])c1ccc(B(O)O)c(C([2H])([2H])[2H])c1. The smallest absolute Gasteiger partial charge is 0.423 e. The van der Waals surface area contributed by atoms with Gasteiger partial charge in [-0.1, -0.05) is 29.3 Å². The van der Waals surface area contributed by atoms with Crippen LogP contribution in [0.2, 0.25) is 0 Å². The van der Waals surface area contributed by atoms with Gasteiger partial charge in [0.25, 0.3) is 0 Å². The highest BCUT2D eigenvalue weighted by Crippen LogP contribution is 1.99. The van der Waals surface area contributed by atoms with Gasteiger partial charge in [0.15, 0.2) is 0 Å². The molecule has 0 heterocycles. The van der Waals surface area contributed by atoms with Crippen molar-refractivity contribution in [2.24, 2.45) is 0 Å². The van der Waals surface area contributed by atoms with Crippen molar-refractivity contribution in [2.45, 2.75) is 13.7 Å². The van der Waals surface area contributed by atoms with Gasteiger partial charge in [0.2, 0.25) is 0 Å². The van der Waals surface area contributed by atoms with Crippen LogP contribution in [0.15, 0.2) is 18.2 Å². The molecule has 2 nitrogen and oxygen atoms in total. The second-order valence-electron chi connectivity index (χ2n) is 2.18. The zero-order valence-corrected chi connectivity index (χ0v) is 5.70. The molecule has 1 aromatic rings. The Bertz CT molecular complexity index is 411. The maximum absolute atomic E-state index is 9.03. The maximum Gasteiger partial charge on any atom is 0.488 e. The third kappa shape index (κ3) is 1.82. The van der Waals surface area contributed by atoms with Crippen molar-refractivity contribution >= 4 is 12.6 Å². The molecule has 2 N–H and O–H groups in total. The second-order valence-corrected chi connectivity index (χ2v) is 2.18. The second kappa shape index (κ2) is 3.07. The molecule has 0 atom stereocenters. The van der Waals surface area contributed by atoms with Gasteiger partial charge >= 0.3 is 7.12 Å². The summed E-state index contributed by atoms with van der Waals surface area (Å²) in [7, 11) is -1.95. The molecule has 0 saturated heterocycles. The fraction of sp³-hybridized carbons (Fsp3) is 0.250. The molecule has 0 aliphatic rings. The fourth-order valence-electron chi connectivity index (χ4n) is 0.781. The van der Waals surface area contributed by atoms with E-state index in [4.69, 9.17) is 18.3 Å². The lowest BCUT2D eigenvalue weighted by atomic mass is 9.77. The summed E-state index contributed by atoms with van der Waals surface area (Å²) in [5.41, 5.74) is -0.716. The minimum atomic E-state index is -2.60. The van der Waals surface area contributed by atoms with Gasteiger partial charge in [0.1, 0.15) is 0 Å². The topological polar surface area (TPSA) is 40.5 Å². The van der Waals surface area contributed by atoms with Crippen LogP contribution in [0.25, 0.3) is 0 Å². The first-order valence-corrected chi connectivity index (χ1v) is 3.04. The van der Waals surface area contributed by atoms with Crippen LogP contribution < -0.4 is 5.46 Å². The monoisotopic (exact) mass is 156 g/mol. The van der Waals surface area contributed by atoms with Crippen molar-refractivity contribution < 1.29 is 18.3 Å². The summed E-state index contributed by atoms with van der Waals surface area (Å²) < 4.78 is 43.2. The molecule has 1 rings (SSSR count). The van der Waals surface area contributed by atoms with E-state index >= 15 is 0 Å². The number of hydrogen-bond acceptors (Lipinski definition) is 2. The van der Waals surface area contributed by atoms with Crippen LogP contribution in [0, 0.1) is 13.7 Å². The van der Waals surface area contributed by atoms with Gasteiger partial charge in [-0.05, 0) is 19.2 Å². The molecular formula is C8H11BO2. The zero-order chi connectivity index (χ0) is 13.4. The van der Waals surface area contributed by atoms with E-state index in [9.17, 15) is 0 Å². The van der Waals surface area contributed by atoms with Gasteiger partial charge in [-0.2, -0.15) is 0 Å². The normalized spacial score (nSPS) is 20.2. The van der Waals surface area contributed by atoms with Crippen LogP contribution in [0.1, 0.15) is 19.4 Å². The molecule has 0 aliphatic carbocycles. The van der Waals surface area contributed by atoms with Crippen molar-refractivity contribution in [2.75, 3.05) is 0 Å². The maximum atomic E-state index is 9.03. The summed E-state index contributed by atoms with van der Waals surface area (Å²) in [4.78, 5) is 0. The van der Waals surface area contributed by atoms with Crippen molar-refractivity contribution in [3.8, 4) is 0 Å². The highest BCUT2D eigenvalue weighted by Gasteiger charge is 2.12. The van der Waals surface area contributed by atoms with Crippen molar-refractivity contribution in [1.82, 2.24) is 0 Å². The van der Waals surface area contributed by atoms with Crippen LogP contribution in [0.5, 0.6) is 0 Å². The Morgan fingerprint density at radius 1 is 1.36 bits per heavy atom. The summed E-state index contributed by atoms with van der Waals surface area (Å²) in [6.07, 6.45) is 0. The van der Waals surface area contributed by atoms with E-state index < -0.39 is 20.8 Å². The van der Waals surface area contributed by atoms with E-state index in [-0.39, 0.29) is 16.6 Å². The molecule has 0 spiro atoms. The lowest BCUT2D eigenvalue weighted by molar-refractivity contribution is 0.425. The van der Waals surface area contributed by atoms with Crippen LogP contribution in [0.4, 0.5) is 0 Å². The highest BCUT2D eigenvalue weighted by molar-refractivity contribution is 6.59. The van der Waals surface area contributed by atoms with Gasteiger partial charge < -0.3 is 10.0 Å². The molecule has 1 aromatic carbocycles. The predicted octanol–water partition coefficient (Wildman–Crippen LogP) is -0.0168. The van der Waals surface area contributed by atoms with E-state index in [2.05, 4.69) is 0 Å². The number of aryl methyl sites for hydroxylation is 2. The van der Waals surface area contributed by atoms with E-state index in [1.165, 1.54) is 0 Å². The fourth-order valence-corrected chi connectivity index (χ4v) is 0.781. The predicted molar refractivity (Wildman–Crippen MR) is 45.7 cm³/mol. The Hall–Kier alpha value is -0.795. The molecule has 0 aromatic heterocycles. The lowest BCUT2D eigenvalue weighted by Crippen LogP contribution is -2.31. The van der Waals surface area contributed by atoms with Crippen LogP contribution >= 0.6 is 0 Å². The Balaban J connectivity index is 3.41. The number of rotatable bonds is 1. The average molecular weight is 156 g/mol. The van der Waals surface area contributed by atoms with Gasteiger partial charge in [-0.3, -0.25) is 0 Å². The standard InChI is InChI=1S/C8H11BO2/c1-6-3-4-8(9(10)11)7(2)5-6/h3-5,10-11H,1-2H3/i1D3,2D3. The summed E-state index contributed by atoms with van der Waals surface area (Å²) >= 11 is 0. The molecule has 0 amide bonds. The Kier molecular flexibility index (Phi) is 0.919. The number of hydrogen-bond donors (Lipinski definition) is 2. The highest BCUT2D eigenvalue weighted by atomic mass is 16.4. The van der Waals surface area contributed by atoms with E-state index in [0.29, 0.717) is 0 Å². The lowest BCUT2D eigenvalue weighted by Gasteiger charge is -2.04. The summed E-state index contributed by atoms with van der Waals surface area (Å²) in [6.45, 7) is -5.03. The van der Waals surface area contributed by atoms with Crippen LogP contribution in [0.3, 0.4) is 0 Å².